The Hall–Kier alpha value is -2.01. The zero-order valence-corrected chi connectivity index (χ0v) is 11.9. The topological polar surface area (TPSA) is 75.3 Å². The zero-order valence-electron chi connectivity index (χ0n) is 11.9. The van der Waals surface area contributed by atoms with Crippen LogP contribution in [0.25, 0.3) is 0 Å². The first kappa shape index (κ1) is 15.4. The highest BCUT2D eigenvalue weighted by Gasteiger charge is 2.25. The Balaban J connectivity index is 1.61. The Kier molecular flexibility index (Phi) is 5.63. The molecule has 0 spiro atoms. The quantitative estimate of drug-likeness (QED) is 0.607. The maximum atomic E-state index is 11.8. The maximum absolute atomic E-state index is 11.8. The van der Waals surface area contributed by atoms with Gasteiger partial charge in [-0.05, 0) is 31.5 Å². The molecule has 0 radical (unpaired) electrons. The van der Waals surface area contributed by atoms with Crippen molar-refractivity contribution in [2.45, 2.75) is 31.7 Å². The van der Waals surface area contributed by atoms with Crippen LogP contribution in [0.1, 0.15) is 36.0 Å². The van der Waals surface area contributed by atoms with E-state index in [1.807, 2.05) is 18.2 Å². The lowest BCUT2D eigenvalue weighted by Crippen LogP contribution is -2.42. The largest absolute Gasteiger partial charge is 0.352 e. The second kappa shape index (κ2) is 7.69. The Morgan fingerprint density at radius 1 is 1.14 bits per heavy atom. The van der Waals surface area contributed by atoms with E-state index in [1.54, 1.807) is 12.1 Å². The van der Waals surface area contributed by atoms with Gasteiger partial charge in [-0.25, -0.2) is 0 Å². The van der Waals surface area contributed by atoms with E-state index in [9.17, 15) is 14.4 Å². The fraction of sp³-hybridized carbons (Fsp3) is 0.438. The average Bonchev–Trinajstić information content (AvgIpc) is 2.49. The van der Waals surface area contributed by atoms with Gasteiger partial charge in [0.1, 0.15) is 5.78 Å². The number of hydrogen-bond donors (Lipinski definition) is 2. The van der Waals surface area contributed by atoms with Gasteiger partial charge in [-0.3, -0.25) is 14.4 Å². The predicted octanol–water partition coefficient (Wildman–Crippen LogP) is 1.09. The molecule has 112 valence electrons. The summed E-state index contributed by atoms with van der Waals surface area (Å²) in [7, 11) is 0. The maximum Gasteiger partial charge on any atom is 0.251 e. The Morgan fingerprint density at radius 2 is 1.90 bits per heavy atom. The summed E-state index contributed by atoms with van der Waals surface area (Å²) in [6, 6.07) is 8.86. The van der Waals surface area contributed by atoms with Crippen molar-refractivity contribution in [3.05, 3.63) is 35.9 Å². The summed E-state index contributed by atoms with van der Waals surface area (Å²) >= 11 is 0. The van der Waals surface area contributed by atoms with E-state index in [0.717, 1.165) is 6.42 Å². The molecule has 1 aliphatic carbocycles. The molecule has 5 heteroatoms. The van der Waals surface area contributed by atoms with Crippen molar-refractivity contribution in [1.29, 1.82) is 0 Å². The number of Topliss-reactive ketones (excluding diaryl/α,β-unsaturated/α-hetero) is 2. The molecule has 1 unspecified atom stereocenters. The summed E-state index contributed by atoms with van der Waals surface area (Å²) < 4.78 is 0. The van der Waals surface area contributed by atoms with Crippen LogP contribution in [-0.4, -0.2) is 36.6 Å². The fourth-order valence-corrected chi connectivity index (χ4v) is 2.35. The SMILES string of the molecule is O=C1CCC(NCCCNC(=O)c2ccccc2)C(=O)C1. The first-order valence-corrected chi connectivity index (χ1v) is 7.28. The molecule has 21 heavy (non-hydrogen) atoms. The van der Waals surface area contributed by atoms with E-state index in [-0.39, 0.29) is 29.9 Å². The summed E-state index contributed by atoms with van der Waals surface area (Å²) in [4.78, 5) is 34.5. The molecule has 1 fully saturated rings. The molecule has 1 amide bonds. The van der Waals surface area contributed by atoms with Gasteiger partial charge in [0.2, 0.25) is 0 Å². The summed E-state index contributed by atoms with van der Waals surface area (Å²) in [5, 5.41) is 5.99. The number of amides is 1. The van der Waals surface area contributed by atoms with Crippen molar-refractivity contribution in [2.75, 3.05) is 13.1 Å². The van der Waals surface area contributed by atoms with Crippen LogP contribution in [0.2, 0.25) is 0 Å². The lowest BCUT2D eigenvalue weighted by molar-refractivity contribution is -0.131. The number of carbonyl (C=O) groups excluding carboxylic acids is 3. The highest BCUT2D eigenvalue weighted by atomic mass is 16.2. The van der Waals surface area contributed by atoms with E-state index in [0.29, 0.717) is 31.5 Å². The number of hydrogen-bond acceptors (Lipinski definition) is 4. The summed E-state index contributed by atoms with van der Waals surface area (Å²) in [6.45, 7) is 1.21. The number of benzene rings is 1. The molecule has 2 rings (SSSR count). The molecule has 1 aromatic rings. The molecule has 1 atom stereocenters. The molecule has 5 nitrogen and oxygen atoms in total. The van der Waals surface area contributed by atoms with Gasteiger partial charge in [-0.2, -0.15) is 0 Å². The number of carbonyl (C=O) groups is 3. The van der Waals surface area contributed by atoms with E-state index in [4.69, 9.17) is 0 Å². The summed E-state index contributed by atoms with van der Waals surface area (Å²) in [5.41, 5.74) is 0.645. The van der Waals surface area contributed by atoms with Crippen LogP contribution in [0.5, 0.6) is 0 Å². The molecule has 0 heterocycles. The van der Waals surface area contributed by atoms with Gasteiger partial charge in [0.05, 0.1) is 12.5 Å². The van der Waals surface area contributed by atoms with Crippen LogP contribution in [0.3, 0.4) is 0 Å². The molecule has 0 bridgehead atoms. The lowest BCUT2D eigenvalue weighted by atomic mass is 9.93. The average molecular weight is 288 g/mol. The summed E-state index contributed by atoms with van der Waals surface area (Å²) in [6.07, 6.45) is 1.88. The molecule has 0 aliphatic heterocycles. The van der Waals surface area contributed by atoms with Crippen LogP contribution in [0.4, 0.5) is 0 Å². The van der Waals surface area contributed by atoms with Crippen molar-refractivity contribution < 1.29 is 14.4 Å². The van der Waals surface area contributed by atoms with Crippen LogP contribution in [-0.2, 0) is 9.59 Å². The Morgan fingerprint density at radius 3 is 2.62 bits per heavy atom. The first-order chi connectivity index (χ1) is 10.2. The van der Waals surface area contributed by atoms with Crippen molar-refractivity contribution in [3.63, 3.8) is 0 Å². The van der Waals surface area contributed by atoms with Gasteiger partial charge in [0.15, 0.2) is 5.78 Å². The van der Waals surface area contributed by atoms with Gasteiger partial charge in [0.25, 0.3) is 5.91 Å². The molecule has 1 aromatic carbocycles. The highest BCUT2D eigenvalue weighted by molar-refractivity contribution is 6.03. The Labute approximate surface area is 124 Å². The molecule has 0 saturated heterocycles. The number of rotatable bonds is 6. The minimum Gasteiger partial charge on any atom is -0.352 e. The van der Waals surface area contributed by atoms with E-state index >= 15 is 0 Å². The van der Waals surface area contributed by atoms with E-state index in [2.05, 4.69) is 10.6 Å². The first-order valence-electron chi connectivity index (χ1n) is 7.28. The van der Waals surface area contributed by atoms with Crippen LogP contribution in [0, 0.1) is 0 Å². The normalized spacial score (nSPS) is 18.6. The van der Waals surface area contributed by atoms with Crippen LogP contribution >= 0.6 is 0 Å². The lowest BCUT2D eigenvalue weighted by Gasteiger charge is -2.21. The monoisotopic (exact) mass is 288 g/mol. The molecular weight excluding hydrogens is 268 g/mol. The zero-order chi connectivity index (χ0) is 15.1. The fourth-order valence-electron chi connectivity index (χ4n) is 2.35. The molecular formula is C16H20N2O3. The van der Waals surface area contributed by atoms with Gasteiger partial charge >= 0.3 is 0 Å². The van der Waals surface area contributed by atoms with Crippen LogP contribution in [0.15, 0.2) is 30.3 Å². The molecule has 2 N–H and O–H groups in total. The van der Waals surface area contributed by atoms with Crippen molar-refractivity contribution in [1.82, 2.24) is 10.6 Å². The van der Waals surface area contributed by atoms with Gasteiger partial charge in [0, 0.05) is 18.5 Å². The van der Waals surface area contributed by atoms with E-state index in [1.165, 1.54) is 0 Å². The van der Waals surface area contributed by atoms with Crippen LogP contribution < -0.4 is 10.6 Å². The second-order valence-corrected chi connectivity index (χ2v) is 5.20. The van der Waals surface area contributed by atoms with Crippen molar-refractivity contribution >= 4 is 17.5 Å². The predicted molar refractivity (Wildman–Crippen MR) is 79.0 cm³/mol. The highest BCUT2D eigenvalue weighted by Crippen LogP contribution is 2.11. The minimum absolute atomic E-state index is 0.0143. The third kappa shape index (κ3) is 4.79. The van der Waals surface area contributed by atoms with Gasteiger partial charge < -0.3 is 10.6 Å². The number of nitrogens with one attached hydrogen (secondary N) is 2. The smallest absolute Gasteiger partial charge is 0.251 e. The second-order valence-electron chi connectivity index (χ2n) is 5.20. The van der Waals surface area contributed by atoms with Crippen molar-refractivity contribution in [3.8, 4) is 0 Å². The third-order valence-corrected chi connectivity index (χ3v) is 3.54. The Bertz CT molecular complexity index is 514. The molecule has 1 saturated carbocycles. The van der Waals surface area contributed by atoms with E-state index < -0.39 is 0 Å². The third-order valence-electron chi connectivity index (χ3n) is 3.54. The summed E-state index contributed by atoms with van der Waals surface area (Å²) in [5.74, 6) is -0.0670. The van der Waals surface area contributed by atoms with Crippen molar-refractivity contribution in [2.24, 2.45) is 0 Å². The molecule has 1 aliphatic rings. The number of ketones is 2. The van der Waals surface area contributed by atoms with Gasteiger partial charge in [-0.1, -0.05) is 18.2 Å². The minimum atomic E-state index is -0.201. The molecule has 0 aromatic heterocycles. The van der Waals surface area contributed by atoms with Gasteiger partial charge in [-0.15, -0.1) is 0 Å². The standard InChI is InChI=1S/C16H20N2O3/c19-13-7-8-14(15(20)11-13)17-9-4-10-18-16(21)12-5-2-1-3-6-12/h1-3,5-6,14,17H,4,7-11H2,(H,18,21).